The second-order valence-corrected chi connectivity index (χ2v) is 12.6. The van der Waals surface area contributed by atoms with Crippen molar-refractivity contribution in [3.8, 4) is 0 Å². The number of aryl methyl sites for hydroxylation is 2. The minimum Gasteiger partial charge on any atom is -0.381 e. The van der Waals surface area contributed by atoms with E-state index in [1.807, 2.05) is 13.8 Å². The van der Waals surface area contributed by atoms with E-state index in [1.165, 1.54) is 27.9 Å². The predicted octanol–water partition coefficient (Wildman–Crippen LogP) is 6.43. The van der Waals surface area contributed by atoms with E-state index in [9.17, 15) is 4.79 Å². The van der Waals surface area contributed by atoms with Gasteiger partial charge in [-0.3, -0.25) is 4.79 Å². The summed E-state index contributed by atoms with van der Waals surface area (Å²) in [6.07, 6.45) is 2.08. The molecule has 6 heteroatoms. The number of hydrogen-bond acceptors (Lipinski definition) is 5. The molecule has 0 aromatic heterocycles. The second-order valence-electron chi connectivity index (χ2n) is 12.6. The monoisotopic (exact) mass is 578 g/mol. The first-order valence-electron chi connectivity index (χ1n) is 16.3. The lowest BCUT2D eigenvalue weighted by Gasteiger charge is -2.40. The van der Waals surface area contributed by atoms with E-state index in [0.717, 1.165) is 58.8 Å². The number of carbonyl (C=O) groups is 1. The number of nitrogens with one attached hydrogen (secondary N) is 1. The largest absolute Gasteiger partial charge is 0.381 e. The normalized spacial score (nSPS) is 18.5. The van der Waals surface area contributed by atoms with Crippen molar-refractivity contribution in [1.29, 1.82) is 0 Å². The van der Waals surface area contributed by atoms with Crippen LogP contribution in [0.25, 0.3) is 0 Å². The van der Waals surface area contributed by atoms with Gasteiger partial charge in [-0.1, -0.05) is 82.1 Å². The van der Waals surface area contributed by atoms with Crippen LogP contribution in [-0.2, 0) is 9.53 Å². The molecular weight excluding hydrogens is 520 g/mol. The summed E-state index contributed by atoms with van der Waals surface area (Å²) in [6, 6.07) is 16.5. The Morgan fingerprint density at radius 3 is 2.10 bits per heavy atom. The summed E-state index contributed by atoms with van der Waals surface area (Å²) in [6.45, 7) is 20.7. The zero-order valence-corrected chi connectivity index (χ0v) is 28.0. The van der Waals surface area contributed by atoms with Gasteiger partial charge in [-0.25, -0.2) is 0 Å². The maximum absolute atomic E-state index is 13.9. The number of rotatable bonds is 10. The number of nitrogens with zero attached hydrogens (tertiary/aromatic N) is 3. The molecule has 2 aromatic rings. The zero-order chi connectivity index (χ0) is 30.8. The molecule has 2 aliphatic rings. The molecular formula is C36H58N4O2. The van der Waals surface area contributed by atoms with Crippen LogP contribution in [0.4, 0.5) is 5.69 Å². The molecule has 42 heavy (non-hydrogen) atoms. The Kier molecular flexibility index (Phi) is 13.3. The summed E-state index contributed by atoms with van der Waals surface area (Å²) in [5.41, 5.74) is 6.50. The number of benzene rings is 2. The predicted molar refractivity (Wildman–Crippen MR) is 178 cm³/mol. The molecule has 234 valence electrons. The van der Waals surface area contributed by atoms with Crippen molar-refractivity contribution in [1.82, 2.24) is 15.1 Å². The van der Waals surface area contributed by atoms with Crippen molar-refractivity contribution in [3.63, 3.8) is 0 Å². The number of piperazine rings is 1. The number of amides is 1. The highest BCUT2D eigenvalue weighted by Gasteiger charge is 2.32. The highest BCUT2D eigenvalue weighted by atomic mass is 16.5. The first kappa shape index (κ1) is 34.1. The quantitative estimate of drug-likeness (QED) is 0.352. The molecule has 1 amide bonds. The summed E-state index contributed by atoms with van der Waals surface area (Å²) in [7, 11) is 4.35. The highest BCUT2D eigenvalue weighted by Crippen LogP contribution is 2.35. The number of ether oxygens (including phenoxy) is 1. The molecule has 2 aromatic carbocycles. The van der Waals surface area contributed by atoms with Crippen LogP contribution >= 0.6 is 0 Å². The second kappa shape index (κ2) is 16.4. The van der Waals surface area contributed by atoms with Crippen LogP contribution in [0.15, 0.2) is 42.5 Å². The van der Waals surface area contributed by atoms with Crippen molar-refractivity contribution < 1.29 is 9.53 Å². The molecule has 2 saturated heterocycles. The van der Waals surface area contributed by atoms with Crippen LogP contribution in [-0.4, -0.2) is 81.8 Å². The minimum atomic E-state index is -0.0874. The van der Waals surface area contributed by atoms with E-state index < -0.39 is 0 Å². The van der Waals surface area contributed by atoms with Gasteiger partial charge in [-0.05, 0) is 63.9 Å². The molecule has 0 saturated carbocycles. The van der Waals surface area contributed by atoms with Crippen LogP contribution in [0.2, 0.25) is 0 Å². The van der Waals surface area contributed by atoms with Crippen molar-refractivity contribution in [3.05, 3.63) is 64.7 Å². The van der Waals surface area contributed by atoms with Gasteiger partial charge in [0.2, 0.25) is 5.91 Å². The highest BCUT2D eigenvalue weighted by molar-refractivity contribution is 5.80. The average Bonchev–Trinajstić information content (AvgIpc) is 2.99. The molecule has 0 radical (unpaired) electrons. The lowest BCUT2D eigenvalue weighted by molar-refractivity contribution is -0.136. The van der Waals surface area contributed by atoms with Gasteiger partial charge >= 0.3 is 0 Å². The third-order valence-electron chi connectivity index (χ3n) is 8.97. The molecule has 6 nitrogen and oxygen atoms in total. The van der Waals surface area contributed by atoms with Crippen molar-refractivity contribution in [2.75, 3.05) is 64.9 Å². The van der Waals surface area contributed by atoms with Gasteiger partial charge in [0.1, 0.15) is 0 Å². The average molecular weight is 579 g/mol. The Balaban J connectivity index is 0.00000237. The smallest absolute Gasteiger partial charge is 0.226 e. The molecule has 3 atom stereocenters. The van der Waals surface area contributed by atoms with Gasteiger partial charge in [-0.2, -0.15) is 0 Å². The zero-order valence-electron chi connectivity index (χ0n) is 28.0. The number of hydrogen-bond donors (Lipinski definition) is 1. The molecule has 4 rings (SSSR count). The molecule has 2 heterocycles. The summed E-state index contributed by atoms with van der Waals surface area (Å²) in [5, 5.41) is 3.78. The molecule has 0 spiro atoms. The Morgan fingerprint density at radius 2 is 1.52 bits per heavy atom. The Labute approximate surface area is 256 Å². The van der Waals surface area contributed by atoms with E-state index >= 15 is 0 Å². The van der Waals surface area contributed by atoms with Gasteiger partial charge in [0.25, 0.3) is 0 Å². The molecule has 0 bridgehead atoms. The van der Waals surface area contributed by atoms with Crippen LogP contribution in [0.3, 0.4) is 0 Å². The van der Waals surface area contributed by atoms with Gasteiger partial charge < -0.3 is 24.8 Å². The van der Waals surface area contributed by atoms with Gasteiger partial charge in [0.05, 0.1) is 0 Å². The van der Waals surface area contributed by atoms with Crippen molar-refractivity contribution >= 4 is 11.6 Å². The van der Waals surface area contributed by atoms with Crippen LogP contribution in [0, 0.1) is 25.7 Å². The first-order chi connectivity index (χ1) is 20.2. The third kappa shape index (κ3) is 8.81. The fourth-order valence-corrected chi connectivity index (χ4v) is 6.65. The minimum absolute atomic E-state index is 0.0874. The van der Waals surface area contributed by atoms with E-state index in [0.29, 0.717) is 18.0 Å². The van der Waals surface area contributed by atoms with Gasteiger partial charge in [0.15, 0.2) is 0 Å². The lowest BCUT2D eigenvalue weighted by atomic mass is 9.85. The molecule has 2 unspecified atom stereocenters. The Bertz CT molecular complexity index is 1080. The summed E-state index contributed by atoms with van der Waals surface area (Å²) >= 11 is 0. The summed E-state index contributed by atoms with van der Waals surface area (Å²) in [4.78, 5) is 20.9. The fourth-order valence-electron chi connectivity index (χ4n) is 6.65. The van der Waals surface area contributed by atoms with E-state index in [1.54, 1.807) is 0 Å². The molecule has 0 aliphatic carbocycles. The standard InChI is InChI=1S/C34H52N4O2.C2H6/c1-24(2)33(36(6)7)30-22-26(4)10-13-32(30)37-16-18-38(19-17-37)34(39)27(5)31(28-11-8-25(3)9-12-28)23-35-29-14-20-40-21-15-29;1-2/h8-13,22,24,27,29,31,33,35H,14-21,23H2,1-7H3;1-2H3/t27-,31?,33?;/m0./s1. The molecule has 2 fully saturated rings. The van der Waals surface area contributed by atoms with Crippen molar-refractivity contribution in [2.24, 2.45) is 11.8 Å². The van der Waals surface area contributed by atoms with Crippen LogP contribution < -0.4 is 10.2 Å². The molecule has 2 aliphatic heterocycles. The number of anilines is 1. The first-order valence-corrected chi connectivity index (χ1v) is 16.3. The maximum Gasteiger partial charge on any atom is 0.226 e. The van der Waals surface area contributed by atoms with Gasteiger partial charge in [0, 0.05) is 75.5 Å². The number of carbonyl (C=O) groups excluding carboxylic acids is 1. The SMILES string of the molecule is CC.Cc1ccc(C(CNC2CCOCC2)[C@H](C)C(=O)N2CCN(c3ccc(C)cc3C(C(C)C)N(C)C)CC2)cc1. The van der Waals surface area contributed by atoms with Gasteiger partial charge in [-0.15, -0.1) is 0 Å². The van der Waals surface area contributed by atoms with Crippen molar-refractivity contribution in [2.45, 2.75) is 79.3 Å². The maximum atomic E-state index is 13.9. The summed E-state index contributed by atoms with van der Waals surface area (Å²) < 4.78 is 5.55. The third-order valence-corrected chi connectivity index (χ3v) is 8.97. The van der Waals surface area contributed by atoms with Crippen LogP contribution in [0.1, 0.15) is 81.7 Å². The van der Waals surface area contributed by atoms with E-state index in [-0.39, 0.29) is 17.7 Å². The van der Waals surface area contributed by atoms with E-state index in [4.69, 9.17) is 4.74 Å². The summed E-state index contributed by atoms with van der Waals surface area (Å²) in [5.74, 6) is 0.837. The molecule has 1 N–H and O–H groups in total. The van der Waals surface area contributed by atoms with Crippen LogP contribution in [0.5, 0.6) is 0 Å². The van der Waals surface area contributed by atoms with E-state index in [2.05, 4.69) is 111 Å². The fraction of sp³-hybridized carbons (Fsp3) is 0.639. The lowest BCUT2D eigenvalue weighted by Crippen LogP contribution is -2.51. The Morgan fingerprint density at radius 1 is 0.929 bits per heavy atom. The Hall–Kier alpha value is -2.41. The topological polar surface area (TPSA) is 48.1 Å².